The van der Waals surface area contributed by atoms with Gasteiger partial charge in [0.2, 0.25) is 5.91 Å². The Morgan fingerprint density at radius 2 is 1.50 bits per heavy atom. The molecule has 3 aromatic carbocycles. The van der Waals surface area contributed by atoms with Crippen molar-refractivity contribution in [2.75, 3.05) is 45.1 Å². The number of rotatable bonds is 5. The van der Waals surface area contributed by atoms with Crippen molar-refractivity contribution in [3.63, 3.8) is 0 Å². The molecule has 0 saturated carbocycles. The van der Waals surface area contributed by atoms with E-state index in [4.69, 9.17) is 0 Å². The van der Waals surface area contributed by atoms with Crippen LogP contribution in [0.3, 0.4) is 0 Å². The largest absolute Gasteiger partial charge is 0.338 e. The lowest BCUT2D eigenvalue weighted by molar-refractivity contribution is -0.117. The second-order valence-corrected chi connectivity index (χ2v) is 8.38. The summed E-state index contributed by atoms with van der Waals surface area (Å²) in [6, 6.07) is 24.4. The number of para-hydroxylation sites is 2. The lowest BCUT2D eigenvalue weighted by atomic mass is 10.0. The zero-order chi connectivity index (χ0) is 21.9. The number of fused-ring (bicyclic) bond motifs is 1. The summed E-state index contributed by atoms with van der Waals surface area (Å²) >= 11 is 0. The maximum absolute atomic E-state index is 12.4. The van der Waals surface area contributed by atoms with E-state index in [9.17, 15) is 4.79 Å². The maximum atomic E-state index is 12.4. The van der Waals surface area contributed by atoms with Gasteiger partial charge in [0.15, 0.2) is 0 Å². The third kappa shape index (κ3) is 4.56. The summed E-state index contributed by atoms with van der Waals surface area (Å²) in [6.07, 6.45) is 0. The Balaban J connectivity index is 1.22. The number of amides is 1. The first-order valence-corrected chi connectivity index (χ1v) is 11.0. The summed E-state index contributed by atoms with van der Waals surface area (Å²) in [5, 5.41) is 3.02. The summed E-state index contributed by atoms with van der Waals surface area (Å²) < 4.78 is 0. The number of benzene rings is 3. The Labute approximate surface area is 187 Å². The van der Waals surface area contributed by atoms with Gasteiger partial charge in [0, 0.05) is 37.4 Å². The van der Waals surface area contributed by atoms with Crippen molar-refractivity contribution in [1.29, 1.82) is 0 Å². The van der Waals surface area contributed by atoms with Gasteiger partial charge in [0.25, 0.3) is 0 Å². The number of likely N-dealkylation sites (N-methyl/N-ethyl adjacent to an activating group) is 1. The molecule has 5 rings (SSSR count). The summed E-state index contributed by atoms with van der Waals surface area (Å²) in [7, 11) is 2.12. The minimum absolute atomic E-state index is 0.0393. The Morgan fingerprint density at radius 3 is 2.19 bits per heavy atom. The molecule has 6 nitrogen and oxygen atoms in total. The molecular formula is C26H27N5O. The summed E-state index contributed by atoms with van der Waals surface area (Å²) in [5.74, 6) is 0.911. The predicted octanol–water partition coefficient (Wildman–Crippen LogP) is 4.08. The number of aromatic nitrogens is 2. The molecule has 0 atom stereocenters. The number of aromatic amines is 1. The van der Waals surface area contributed by atoms with Crippen LogP contribution in [0.4, 0.5) is 5.69 Å². The highest BCUT2D eigenvalue weighted by molar-refractivity contribution is 5.92. The maximum Gasteiger partial charge on any atom is 0.238 e. The first kappa shape index (κ1) is 20.4. The molecule has 0 spiro atoms. The Bertz CT molecular complexity index is 1170. The molecule has 162 valence electrons. The number of anilines is 1. The molecular weight excluding hydrogens is 398 g/mol. The van der Waals surface area contributed by atoms with Crippen LogP contribution in [0.1, 0.15) is 0 Å². The number of H-pyrrole nitrogens is 1. The standard InChI is InChI=1S/C26H27N5O/c1-30-14-16-31(17-15-30)18-25(32)27-22-12-10-20(11-13-22)19-6-8-21(9-7-19)26-28-23-4-2-3-5-24(23)29-26/h2-13H,14-18H2,1H3,(H,27,32)(H,28,29). The van der Waals surface area contributed by atoms with Crippen LogP contribution >= 0.6 is 0 Å². The van der Waals surface area contributed by atoms with E-state index < -0.39 is 0 Å². The topological polar surface area (TPSA) is 64.3 Å². The van der Waals surface area contributed by atoms with Crippen LogP contribution in [-0.2, 0) is 4.79 Å². The first-order valence-electron chi connectivity index (χ1n) is 11.0. The monoisotopic (exact) mass is 425 g/mol. The van der Waals surface area contributed by atoms with E-state index in [0.717, 1.165) is 65.4 Å². The lowest BCUT2D eigenvalue weighted by Gasteiger charge is -2.31. The Hall–Kier alpha value is -3.48. The molecule has 1 amide bonds. The van der Waals surface area contributed by atoms with Crippen molar-refractivity contribution in [2.45, 2.75) is 0 Å². The zero-order valence-corrected chi connectivity index (χ0v) is 18.2. The average molecular weight is 426 g/mol. The van der Waals surface area contributed by atoms with Crippen molar-refractivity contribution >= 4 is 22.6 Å². The van der Waals surface area contributed by atoms with Crippen LogP contribution in [0.2, 0.25) is 0 Å². The molecule has 0 bridgehead atoms. The van der Waals surface area contributed by atoms with Gasteiger partial charge in [-0.2, -0.15) is 0 Å². The Morgan fingerprint density at radius 1 is 0.875 bits per heavy atom. The first-order chi connectivity index (χ1) is 15.6. The summed E-state index contributed by atoms with van der Waals surface area (Å²) in [5.41, 5.74) is 6.12. The van der Waals surface area contributed by atoms with Gasteiger partial charge in [0.1, 0.15) is 5.82 Å². The molecule has 0 aliphatic carbocycles. The Kier molecular flexibility index (Phi) is 5.71. The highest BCUT2D eigenvalue weighted by Crippen LogP contribution is 2.26. The lowest BCUT2D eigenvalue weighted by Crippen LogP contribution is -2.47. The second kappa shape index (κ2) is 8.94. The van der Waals surface area contributed by atoms with Crippen molar-refractivity contribution < 1.29 is 4.79 Å². The fraction of sp³-hybridized carbons (Fsp3) is 0.231. The third-order valence-corrected chi connectivity index (χ3v) is 6.01. The third-order valence-electron chi connectivity index (χ3n) is 6.01. The van der Waals surface area contributed by atoms with Crippen molar-refractivity contribution in [3.8, 4) is 22.5 Å². The van der Waals surface area contributed by atoms with E-state index in [2.05, 4.69) is 56.4 Å². The normalized spacial score (nSPS) is 15.2. The molecule has 32 heavy (non-hydrogen) atoms. The van der Waals surface area contributed by atoms with Gasteiger partial charge in [-0.1, -0.05) is 48.5 Å². The van der Waals surface area contributed by atoms with Gasteiger partial charge in [0.05, 0.1) is 17.6 Å². The fourth-order valence-corrected chi connectivity index (χ4v) is 4.07. The van der Waals surface area contributed by atoms with E-state index in [-0.39, 0.29) is 5.91 Å². The average Bonchev–Trinajstić information content (AvgIpc) is 3.26. The zero-order valence-electron chi connectivity index (χ0n) is 18.2. The molecule has 0 radical (unpaired) electrons. The minimum Gasteiger partial charge on any atom is -0.338 e. The van der Waals surface area contributed by atoms with Crippen LogP contribution in [0.15, 0.2) is 72.8 Å². The highest BCUT2D eigenvalue weighted by Gasteiger charge is 2.16. The molecule has 2 N–H and O–H groups in total. The van der Waals surface area contributed by atoms with Crippen LogP contribution in [0, 0.1) is 0 Å². The number of imidazole rings is 1. The number of hydrogen-bond acceptors (Lipinski definition) is 4. The van der Waals surface area contributed by atoms with Crippen molar-refractivity contribution in [2.24, 2.45) is 0 Å². The van der Waals surface area contributed by atoms with E-state index in [1.165, 1.54) is 0 Å². The molecule has 1 aliphatic heterocycles. The summed E-state index contributed by atoms with van der Waals surface area (Å²) in [4.78, 5) is 24.9. The highest BCUT2D eigenvalue weighted by atomic mass is 16.2. The molecule has 1 aliphatic rings. The number of carbonyl (C=O) groups is 1. The molecule has 4 aromatic rings. The number of hydrogen-bond donors (Lipinski definition) is 2. The molecule has 0 unspecified atom stereocenters. The molecule has 6 heteroatoms. The van der Waals surface area contributed by atoms with E-state index >= 15 is 0 Å². The SMILES string of the molecule is CN1CCN(CC(=O)Nc2ccc(-c3ccc(-c4nc5ccccc5[nH]4)cc3)cc2)CC1. The van der Waals surface area contributed by atoms with Crippen LogP contribution in [0.5, 0.6) is 0 Å². The summed E-state index contributed by atoms with van der Waals surface area (Å²) in [6.45, 7) is 4.34. The number of nitrogens with one attached hydrogen (secondary N) is 2. The molecule has 1 aromatic heterocycles. The van der Waals surface area contributed by atoms with Gasteiger partial charge in [-0.05, 0) is 42.4 Å². The van der Waals surface area contributed by atoms with Crippen molar-refractivity contribution in [3.05, 3.63) is 72.8 Å². The predicted molar refractivity (Wildman–Crippen MR) is 130 cm³/mol. The van der Waals surface area contributed by atoms with E-state index in [1.807, 2.05) is 48.5 Å². The smallest absolute Gasteiger partial charge is 0.238 e. The molecule has 1 saturated heterocycles. The molecule has 1 fully saturated rings. The van der Waals surface area contributed by atoms with Crippen molar-refractivity contribution in [1.82, 2.24) is 19.8 Å². The van der Waals surface area contributed by atoms with Crippen LogP contribution < -0.4 is 5.32 Å². The van der Waals surface area contributed by atoms with Gasteiger partial charge >= 0.3 is 0 Å². The number of carbonyl (C=O) groups excluding carboxylic acids is 1. The van der Waals surface area contributed by atoms with Crippen LogP contribution in [-0.4, -0.2) is 65.4 Å². The quantitative estimate of drug-likeness (QED) is 0.506. The fourth-order valence-electron chi connectivity index (χ4n) is 4.07. The molecule has 2 heterocycles. The van der Waals surface area contributed by atoms with E-state index in [1.54, 1.807) is 0 Å². The van der Waals surface area contributed by atoms with Crippen LogP contribution in [0.25, 0.3) is 33.5 Å². The van der Waals surface area contributed by atoms with Gasteiger partial charge in [-0.15, -0.1) is 0 Å². The second-order valence-electron chi connectivity index (χ2n) is 8.38. The van der Waals surface area contributed by atoms with Gasteiger partial charge < -0.3 is 15.2 Å². The van der Waals surface area contributed by atoms with Gasteiger partial charge in [-0.3, -0.25) is 9.69 Å². The number of piperazine rings is 1. The van der Waals surface area contributed by atoms with Gasteiger partial charge in [-0.25, -0.2) is 4.98 Å². The van der Waals surface area contributed by atoms with E-state index in [0.29, 0.717) is 6.54 Å². The number of nitrogens with zero attached hydrogens (tertiary/aromatic N) is 3. The minimum atomic E-state index is 0.0393.